The number of benzene rings is 2. The van der Waals surface area contributed by atoms with Crippen LogP contribution in [0.3, 0.4) is 0 Å². The number of unbranched alkanes of at least 4 members (excludes halogenated alkanes) is 1. The lowest BCUT2D eigenvalue weighted by atomic mass is 10.1. The molecule has 0 spiro atoms. The van der Waals surface area contributed by atoms with Crippen molar-refractivity contribution < 1.29 is 26.2 Å². The average Bonchev–Trinajstić information content (AvgIpc) is 3.26. The third-order valence-electron chi connectivity index (χ3n) is 4.63. The van der Waals surface area contributed by atoms with Gasteiger partial charge >= 0.3 is 10.1 Å². The zero-order valence-corrected chi connectivity index (χ0v) is 18.0. The smallest absolute Gasteiger partial charge is 0.339 e. The Hall–Kier alpha value is -3.13. The highest BCUT2D eigenvalue weighted by molar-refractivity contribution is 7.87. The van der Waals surface area contributed by atoms with Crippen LogP contribution in [0, 0.1) is 5.82 Å². The highest BCUT2D eigenvalue weighted by Gasteiger charge is 2.18. The number of rotatable bonds is 10. The van der Waals surface area contributed by atoms with Crippen LogP contribution in [0.15, 0.2) is 76.2 Å². The lowest BCUT2D eigenvalue weighted by Gasteiger charge is -2.22. The normalized spacial score (nSPS) is 11.3. The molecule has 1 amide bonds. The summed E-state index contributed by atoms with van der Waals surface area (Å²) < 4.78 is 48.2. The molecule has 0 saturated carbocycles. The van der Waals surface area contributed by atoms with E-state index in [1.54, 1.807) is 29.4 Å². The molecule has 0 bridgehead atoms. The molecule has 31 heavy (non-hydrogen) atoms. The summed E-state index contributed by atoms with van der Waals surface area (Å²) in [6.07, 6.45) is 3.75. The van der Waals surface area contributed by atoms with Crippen molar-refractivity contribution in [2.45, 2.75) is 44.2 Å². The van der Waals surface area contributed by atoms with Crippen LogP contribution < -0.4 is 4.18 Å². The molecular weight excluding hydrogens is 421 g/mol. The van der Waals surface area contributed by atoms with Gasteiger partial charge in [-0.3, -0.25) is 4.79 Å². The molecule has 164 valence electrons. The van der Waals surface area contributed by atoms with Crippen molar-refractivity contribution in [3.8, 4) is 5.75 Å². The molecule has 3 rings (SSSR count). The maximum atomic E-state index is 13.0. The van der Waals surface area contributed by atoms with Crippen molar-refractivity contribution >= 4 is 16.0 Å². The predicted octanol–water partition coefficient (Wildman–Crippen LogP) is 4.91. The molecule has 0 aliphatic carbocycles. The van der Waals surface area contributed by atoms with Gasteiger partial charge in [-0.05, 0) is 60.5 Å². The maximum absolute atomic E-state index is 13.0. The van der Waals surface area contributed by atoms with Crippen LogP contribution in [0.25, 0.3) is 0 Å². The van der Waals surface area contributed by atoms with Crippen LogP contribution in [0.1, 0.15) is 37.5 Å². The van der Waals surface area contributed by atoms with Crippen molar-refractivity contribution in [2.24, 2.45) is 0 Å². The van der Waals surface area contributed by atoms with Crippen LogP contribution >= 0.6 is 0 Å². The van der Waals surface area contributed by atoms with Crippen LogP contribution in [0.2, 0.25) is 0 Å². The first kappa shape index (κ1) is 22.6. The number of nitrogens with zero attached hydrogens (tertiary/aromatic N) is 1. The summed E-state index contributed by atoms with van der Waals surface area (Å²) in [5.41, 5.74) is 0.822. The summed E-state index contributed by atoms with van der Waals surface area (Å²) in [4.78, 5) is 14.2. The molecule has 0 radical (unpaired) electrons. The van der Waals surface area contributed by atoms with Gasteiger partial charge in [-0.15, -0.1) is 0 Å². The Morgan fingerprint density at radius 1 is 1.03 bits per heavy atom. The number of amides is 1. The van der Waals surface area contributed by atoms with Crippen molar-refractivity contribution in [3.63, 3.8) is 0 Å². The molecule has 0 fully saturated rings. The van der Waals surface area contributed by atoms with E-state index in [9.17, 15) is 17.6 Å². The largest absolute Gasteiger partial charge is 0.467 e. The van der Waals surface area contributed by atoms with Crippen molar-refractivity contribution in [1.82, 2.24) is 4.90 Å². The lowest BCUT2D eigenvalue weighted by Crippen LogP contribution is -2.29. The Labute approximate surface area is 181 Å². The van der Waals surface area contributed by atoms with E-state index >= 15 is 0 Å². The second-order valence-corrected chi connectivity index (χ2v) is 8.61. The quantitative estimate of drug-likeness (QED) is 0.415. The topological polar surface area (TPSA) is 76.8 Å². The van der Waals surface area contributed by atoms with E-state index in [1.165, 1.54) is 12.1 Å². The Bertz CT molecular complexity index is 1080. The highest BCUT2D eigenvalue weighted by Crippen LogP contribution is 2.21. The fourth-order valence-corrected chi connectivity index (χ4v) is 3.89. The first-order valence-electron chi connectivity index (χ1n) is 9.96. The number of carbonyl (C=O) groups excluding carboxylic acids is 1. The van der Waals surface area contributed by atoms with Gasteiger partial charge < -0.3 is 13.5 Å². The van der Waals surface area contributed by atoms with E-state index in [-0.39, 0.29) is 16.6 Å². The first-order chi connectivity index (χ1) is 14.9. The van der Waals surface area contributed by atoms with E-state index in [1.807, 2.05) is 13.0 Å². The molecule has 8 heteroatoms. The summed E-state index contributed by atoms with van der Waals surface area (Å²) in [5.74, 6) is 0.312. The molecule has 0 aliphatic heterocycles. The number of carbonyl (C=O) groups is 1. The number of halogens is 1. The van der Waals surface area contributed by atoms with Gasteiger partial charge in [-0.2, -0.15) is 8.42 Å². The minimum absolute atomic E-state index is 0.0254. The van der Waals surface area contributed by atoms with Gasteiger partial charge in [0.15, 0.2) is 0 Å². The molecule has 0 saturated heterocycles. The van der Waals surface area contributed by atoms with Gasteiger partial charge in [0.2, 0.25) is 5.91 Å². The Morgan fingerprint density at radius 2 is 1.74 bits per heavy atom. The predicted molar refractivity (Wildman–Crippen MR) is 113 cm³/mol. The minimum Gasteiger partial charge on any atom is -0.467 e. The molecule has 0 N–H and O–H groups in total. The third-order valence-corrected chi connectivity index (χ3v) is 5.89. The summed E-state index contributed by atoms with van der Waals surface area (Å²) in [5, 5.41) is 0. The van der Waals surface area contributed by atoms with Gasteiger partial charge in [-0.1, -0.05) is 25.5 Å². The van der Waals surface area contributed by atoms with Gasteiger partial charge in [0.1, 0.15) is 22.2 Å². The van der Waals surface area contributed by atoms with Crippen LogP contribution in [-0.2, 0) is 28.0 Å². The Balaban J connectivity index is 1.69. The van der Waals surface area contributed by atoms with Crippen LogP contribution in [0.4, 0.5) is 4.39 Å². The second kappa shape index (κ2) is 10.3. The number of hydrogen-bond acceptors (Lipinski definition) is 5. The van der Waals surface area contributed by atoms with Crippen molar-refractivity contribution in [3.05, 3.63) is 84.1 Å². The second-order valence-electron chi connectivity index (χ2n) is 7.07. The van der Waals surface area contributed by atoms with E-state index < -0.39 is 15.9 Å². The zero-order chi connectivity index (χ0) is 22.3. The van der Waals surface area contributed by atoms with Gasteiger partial charge in [0.25, 0.3) is 0 Å². The SMILES string of the molecule is CCCCC(=O)N(Cc1ccc(OS(=O)(=O)c2ccc(F)cc2)cc1)Cc1ccco1. The third kappa shape index (κ3) is 6.42. The fraction of sp³-hybridized carbons (Fsp3) is 0.261. The zero-order valence-electron chi connectivity index (χ0n) is 17.2. The van der Waals surface area contributed by atoms with E-state index in [4.69, 9.17) is 8.60 Å². The molecule has 0 aliphatic rings. The minimum atomic E-state index is -4.07. The van der Waals surface area contributed by atoms with E-state index in [0.29, 0.717) is 25.3 Å². The Kier molecular flexibility index (Phi) is 7.46. The summed E-state index contributed by atoms with van der Waals surface area (Å²) in [7, 11) is -4.07. The van der Waals surface area contributed by atoms with Gasteiger partial charge in [0, 0.05) is 13.0 Å². The summed E-state index contributed by atoms with van der Waals surface area (Å²) >= 11 is 0. The molecule has 1 aromatic heterocycles. The fourth-order valence-electron chi connectivity index (χ4n) is 2.96. The summed E-state index contributed by atoms with van der Waals surface area (Å²) in [6.45, 7) is 2.74. The van der Waals surface area contributed by atoms with Gasteiger partial charge in [0.05, 0.1) is 12.8 Å². The van der Waals surface area contributed by atoms with Crippen LogP contribution in [-0.4, -0.2) is 19.2 Å². The Morgan fingerprint density at radius 3 is 2.35 bits per heavy atom. The van der Waals surface area contributed by atoms with E-state index in [2.05, 4.69) is 0 Å². The first-order valence-corrected chi connectivity index (χ1v) is 11.4. The van der Waals surface area contributed by atoms with Crippen molar-refractivity contribution in [1.29, 1.82) is 0 Å². The standard InChI is InChI=1S/C23H24FNO5S/c1-2-3-6-23(26)25(17-21-5-4-15-29-21)16-18-7-11-20(12-8-18)30-31(27,28)22-13-9-19(24)10-14-22/h4-5,7-15H,2-3,6,16-17H2,1H3. The van der Waals surface area contributed by atoms with E-state index in [0.717, 1.165) is 42.7 Å². The molecule has 2 aromatic carbocycles. The van der Waals surface area contributed by atoms with Crippen LogP contribution in [0.5, 0.6) is 5.75 Å². The number of hydrogen-bond donors (Lipinski definition) is 0. The molecule has 3 aromatic rings. The average molecular weight is 446 g/mol. The number of furan rings is 1. The maximum Gasteiger partial charge on any atom is 0.339 e. The molecule has 1 heterocycles. The van der Waals surface area contributed by atoms with Gasteiger partial charge in [-0.25, -0.2) is 4.39 Å². The summed E-state index contributed by atoms with van der Waals surface area (Å²) in [6, 6.07) is 14.5. The molecule has 0 atom stereocenters. The molecule has 0 unspecified atom stereocenters. The monoisotopic (exact) mass is 445 g/mol. The lowest BCUT2D eigenvalue weighted by molar-refractivity contribution is -0.132. The van der Waals surface area contributed by atoms with Crippen molar-refractivity contribution in [2.75, 3.05) is 0 Å². The molecule has 6 nitrogen and oxygen atoms in total. The highest BCUT2D eigenvalue weighted by atomic mass is 32.2. The molecular formula is C23H24FNO5S.